The molecule has 1 aliphatic carbocycles. The van der Waals surface area contributed by atoms with Crippen molar-refractivity contribution in [3.8, 4) is 0 Å². The van der Waals surface area contributed by atoms with Crippen LogP contribution in [0.25, 0.3) is 0 Å². The van der Waals surface area contributed by atoms with E-state index < -0.39 is 18.2 Å². The van der Waals surface area contributed by atoms with Gasteiger partial charge in [-0.05, 0) is 25.7 Å². The van der Waals surface area contributed by atoms with Crippen molar-refractivity contribution in [3.05, 3.63) is 0 Å². The summed E-state index contributed by atoms with van der Waals surface area (Å²) < 4.78 is 5.27. The number of rotatable bonds is 3. The molecule has 1 saturated heterocycles. The van der Waals surface area contributed by atoms with Gasteiger partial charge < -0.3 is 14.7 Å². The SMILES string of the molecule is CN(C(=O)C1CCC(C(=O)O)O1)C1CCCC1. The number of carbonyl (C=O) groups excluding carboxylic acids is 1. The van der Waals surface area contributed by atoms with E-state index in [1.54, 1.807) is 11.9 Å². The number of nitrogens with zero attached hydrogens (tertiary/aromatic N) is 1. The Kier molecular flexibility index (Phi) is 3.66. The summed E-state index contributed by atoms with van der Waals surface area (Å²) in [6, 6.07) is 0.315. The fourth-order valence-electron chi connectivity index (χ4n) is 2.70. The Balaban J connectivity index is 1.89. The zero-order chi connectivity index (χ0) is 12.4. The van der Waals surface area contributed by atoms with Crippen molar-refractivity contribution in [1.29, 1.82) is 0 Å². The smallest absolute Gasteiger partial charge is 0.332 e. The number of aliphatic carboxylic acids is 1. The first-order chi connectivity index (χ1) is 8.09. The first-order valence-corrected chi connectivity index (χ1v) is 6.24. The summed E-state index contributed by atoms with van der Waals surface area (Å²) in [7, 11) is 1.80. The molecule has 2 rings (SSSR count). The minimum atomic E-state index is -0.969. The summed E-state index contributed by atoms with van der Waals surface area (Å²) in [6.45, 7) is 0. The number of carboxylic acid groups (broad SMARTS) is 1. The van der Waals surface area contributed by atoms with Gasteiger partial charge in [0.15, 0.2) is 6.10 Å². The standard InChI is InChI=1S/C12H19NO4/c1-13(8-4-2-3-5-8)11(14)9-6-7-10(17-9)12(15)16/h8-10H,2-7H2,1H3,(H,15,16). The van der Waals surface area contributed by atoms with Crippen LogP contribution in [0.5, 0.6) is 0 Å². The van der Waals surface area contributed by atoms with Crippen LogP contribution in [0.3, 0.4) is 0 Å². The van der Waals surface area contributed by atoms with Gasteiger partial charge >= 0.3 is 5.97 Å². The molecule has 96 valence electrons. The van der Waals surface area contributed by atoms with Gasteiger partial charge in [0.05, 0.1) is 0 Å². The van der Waals surface area contributed by atoms with Crippen LogP contribution in [0, 0.1) is 0 Å². The number of carboxylic acids is 1. The number of likely N-dealkylation sites (N-methyl/N-ethyl adjacent to an activating group) is 1. The average molecular weight is 241 g/mol. The lowest BCUT2D eigenvalue weighted by Gasteiger charge is -2.26. The van der Waals surface area contributed by atoms with Crippen LogP contribution in [0.4, 0.5) is 0 Å². The first kappa shape index (κ1) is 12.4. The van der Waals surface area contributed by atoms with Crippen LogP contribution >= 0.6 is 0 Å². The van der Waals surface area contributed by atoms with Crippen LogP contribution in [-0.2, 0) is 14.3 Å². The lowest BCUT2D eigenvalue weighted by molar-refractivity contribution is -0.155. The Hall–Kier alpha value is -1.10. The maximum atomic E-state index is 12.1. The molecule has 5 nitrogen and oxygen atoms in total. The van der Waals surface area contributed by atoms with Gasteiger partial charge in [0.1, 0.15) is 6.10 Å². The third-order valence-electron chi connectivity index (χ3n) is 3.79. The van der Waals surface area contributed by atoms with Gasteiger partial charge in [-0.3, -0.25) is 4.79 Å². The van der Waals surface area contributed by atoms with E-state index in [0.29, 0.717) is 18.9 Å². The Labute approximate surface area is 101 Å². The predicted octanol–water partition coefficient (Wildman–Crippen LogP) is 1.02. The van der Waals surface area contributed by atoms with E-state index in [9.17, 15) is 9.59 Å². The molecule has 2 unspecified atom stereocenters. The van der Waals surface area contributed by atoms with Crippen molar-refractivity contribution in [1.82, 2.24) is 4.90 Å². The summed E-state index contributed by atoms with van der Waals surface area (Å²) in [6.07, 6.45) is 4.05. The normalized spacial score (nSPS) is 29.5. The van der Waals surface area contributed by atoms with E-state index >= 15 is 0 Å². The molecule has 0 radical (unpaired) electrons. The fraction of sp³-hybridized carbons (Fsp3) is 0.833. The minimum absolute atomic E-state index is 0.0550. The van der Waals surface area contributed by atoms with Gasteiger partial charge in [-0.1, -0.05) is 12.8 Å². The van der Waals surface area contributed by atoms with Crippen molar-refractivity contribution in [3.63, 3.8) is 0 Å². The second-order valence-corrected chi connectivity index (χ2v) is 4.92. The molecule has 1 N–H and O–H groups in total. The molecule has 0 spiro atoms. The van der Waals surface area contributed by atoms with Crippen LogP contribution < -0.4 is 0 Å². The average Bonchev–Trinajstić information content (AvgIpc) is 2.97. The quantitative estimate of drug-likeness (QED) is 0.801. The highest BCUT2D eigenvalue weighted by molar-refractivity contribution is 5.82. The Morgan fingerprint density at radius 1 is 1.12 bits per heavy atom. The second-order valence-electron chi connectivity index (χ2n) is 4.92. The van der Waals surface area contributed by atoms with Crippen LogP contribution in [0.1, 0.15) is 38.5 Å². The molecule has 1 saturated carbocycles. The molecule has 1 aliphatic heterocycles. The fourth-order valence-corrected chi connectivity index (χ4v) is 2.70. The molecule has 5 heteroatoms. The Morgan fingerprint density at radius 2 is 1.71 bits per heavy atom. The number of carbonyl (C=O) groups is 2. The van der Waals surface area contributed by atoms with E-state index in [1.165, 1.54) is 12.8 Å². The van der Waals surface area contributed by atoms with E-state index in [2.05, 4.69) is 0 Å². The summed E-state index contributed by atoms with van der Waals surface area (Å²) in [5.41, 5.74) is 0. The summed E-state index contributed by atoms with van der Waals surface area (Å²) in [5.74, 6) is -1.02. The summed E-state index contributed by atoms with van der Waals surface area (Å²) >= 11 is 0. The van der Waals surface area contributed by atoms with Crippen molar-refractivity contribution < 1.29 is 19.4 Å². The highest BCUT2D eigenvalue weighted by Gasteiger charge is 2.37. The molecule has 2 atom stereocenters. The highest BCUT2D eigenvalue weighted by atomic mass is 16.5. The minimum Gasteiger partial charge on any atom is -0.479 e. The van der Waals surface area contributed by atoms with Gasteiger partial charge in [0.2, 0.25) is 0 Å². The van der Waals surface area contributed by atoms with E-state index in [-0.39, 0.29) is 5.91 Å². The lowest BCUT2D eigenvalue weighted by atomic mass is 10.1. The molecule has 0 aromatic heterocycles. The zero-order valence-corrected chi connectivity index (χ0v) is 10.1. The maximum Gasteiger partial charge on any atom is 0.332 e. The largest absolute Gasteiger partial charge is 0.479 e. The van der Waals surface area contributed by atoms with Crippen LogP contribution in [0.15, 0.2) is 0 Å². The summed E-state index contributed by atoms with van der Waals surface area (Å²) in [5, 5.41) is 8.81. The molecule has 0 bridgehead atoms. The molecular formula is C12H19NO4. The van der Waals surface area contributed by atoms with Crippen LogP contribution in [-0.4, -0.2) is 47.2 Å². The maximum absolute atomic E-state index is 12.1. The van der Waals surface area contributed by atoms with Gasteiger partial charge in [-0.2, -0.15) is 0 Å². The number of amides is 1. The van der Waals surface area contributed by atoms with E-state index in [4.69, 9.17) is 9.84 Å². The van der Waals surface area contributed by atoms with Crippen molar-refractivity contribution >= 4 is 11.9 Å². The molecule has 0 aromatic carbocycles. The Bertz CT molecular complexity index is 312. The molecule has 17 heavy (non-hydrogen) atoms. The molecular weight excluding hydrogens is 222 g/mol. The van der Waals surface area contributed by atoms with Gasteiger partial charge in [-0.25, -0.2) is 4.79 Å². The molecule has 2 fully saturated rings. The second kappa shape index (κ2) is 5.04. The highest BCUT2D eigenvalue weighted by Crippen LogP contribution is 2.26. The van der Waals surface area contributed by atoms with Crippen molar-refractivity contribution in [2.24, 2.45) is 0 Å². The van der Waals surface area contributed by atoms with Gasteiger partial charge in [0.25, 0.3) is 5.91 Å². The first-order valence-electron chi connectivity index (χ1n) is 6.24. The molecule has 1 amide bonds. The van der Waals surface area contributed by atoms with Crippen molar-refractivity contribution in [2.45, 2.75) is 56.8 Å². The van der Waals surface area contributed by atoms with Crippen LogP contribution in [0.2, 0.25) is 0 Å². The topological polar surface area (TPSA) is 66.8 Å². The monoisotopic (exact) mass is 241 g/mol. The summed E-state index contributed by atoms with van der Waals surface area (Å²) in [4.78, 5) is 24.6. The lowest BCUT2D eigenvalue weighted by Crippen LogP contribution is -2.42. The molecule has 1 heterocycles. The number of ether oxygens (including phenoxy) is 1. The molecule has 2 aliphatic rings. The van der Waals surface area contributed by atoms with E-state index in [1.807, 2.05) is 0 Å². The van der Waals surface area contributed by atoms with Gasteiger partial charge in [-0.15, -0.1) is 0 Å². The number of hydrogen-bond donors (Lipinski definition) is 1. The third kappa shape index (κ3) is 2.60. The zero-order valence-electron chi connectivity index (χ0n) is 10.1. The third-order valence-corrected chi connectivity index (χ3v) is 3.79. The van der Waals surface area contributed by atoms with Gasteiger partial charge in [0, 0.05) is 13.1 Å². The molecule has 0 aromatic rings. The number of hydrogen-bond acceptors (Lipinski definition) is 3. The van der Waals surface area contributed by atoms with Crippen molar-refractivity contribution in [2.75, 3.05) is 7.05 Å². The Morgan fingerprint density at radius 3 is 2.24 bits per heavy atom. The van der Waals surface area contributed by atoms with E-state index in [0.717, 1.165) is 12.8 Å². The predicted molar refractivity (Wildman–Crippen MR) is 60.6 cm³/mol.